The quantitative estimate of drug-likeness (QED) is 0.459. The van der Waals surface area contributed by atoms with E-state index in [9.17, 15) is 9.18 Å². The Hall–Kier alpha value is -3.58. The van der Waals surface area contributed by atoms with Gasteiger partial charge in [-0.15, -0.1) is 11.3 Å². The number of anilines is 3. The van der Waals surface area contributed by atoms with Crippen LogP contribution in [0.4, 0.5) is 20.9 Å². The first-order chi connectivity index (χ1) is 14.2. The van der Waals surface area contributed by atoms with Crippen LogP contribution in [0.25, 0.3) is 11.3 Å². The van der Waals surface area contributed by atoms with Crippen LogP contribution in [0.15, 0.2) is 78.4 Å². The van der Waals surface area contributed by atoms with Gasteiger partial charge in [0.2, 0.25) is 5.91 Å². The molecule has 7 heteroatoms. The molecule has 0 aliphatic rings. The Balaban J connectivity index is 1.39. The molecule has 2 N–H and O–H groups in total. The zero-order valence-electron chi connectivity index (χ0n) is 15.3. The highest BCUT2D eigenvalue weighted by atomic mass is 32.1. The van der Waals surface area contributed by atoms with Crippen molar-refractivity contribution >= 4 is 33.8 Å². The van der Waals surface area contributed by atoms with E-state index in [4.69, 9.17) is 0 Å². The van der Waals surface area contributed by atoms with Gasteiger partial charge in [0.25, 0.3) is 0 Å². The lowest BCUT2D eigenvalue weighted by molar-refractivity contribution is -0.115. The summed E-state index contributed by atoms with van der Waals surface area (Å²) in [7, 11) is 0. The predicted molar refractivity (Wildman–Crippen MR) is 114 cm³/mol. The monoisotopic (exact) mass is 404 g/mol. The maximum absolute atomic E-state index is 13.7. The van der Waals surface area contributed by atoms with Crippen LogP contribution >= 0.6 is 11.3 Å². The van der Waals surface area contributed by atoms with Gasteiger partial charge in [0.05, 0.1) is 24.0 Å². The molecule has 0 aliphatic carbocycles. The van der Waals surface area contributed by atoms with Crippen LogP contribution in [-0.4, -0.2) is 15.9 Å². The van der Waals surface area contributed by atoms with Crippen molar-refractivity contribution in [1.29, 1.82) is 0 Å². The number of nitrogens with zero attached hydrogens (tertiary/aromatic N) is 2. The Morgan fingerprint density at radius 1 is 1.00 bits per heavy atom. The molecule has 0 spiro atoms. The van der Waals surface area contributed by atoms with Crippen molar-refractivity contribution in [1.82, 2.24) is 9.97 Å². The molecule has 0 bridgehead atoms. The smallest absolute Gasteiger partial charge is 0.228 e. The molecule has 0 fully saturated rings. The molecule has 1 amide bonds. The van der Waals surface area contributed by atoms with Crippen molar-refractivity contribution in [2.75, 3.05) is 10.6 Å². The van der Waals surface area contributed by atoms with Crippen LogP contribution in [-0.2, 0) is 11.2 Å². The topological polar surface area (TPSA) is 66.9 Å². The van der Waals surface area contributed by atoms with Crippen LogP contribution in [0.5, 0.6) is 0 Å². The van der Waals surface area contributed by atoms with Gasteiger partial charge in [-0.2, -0.15) is 0 Å². The summed E-state index contributed by atoms with van der Waals surface area (Å²) in [6.45, 7) is 0. The van der Waals surface area contributed by atoms with E-state index in [0.717, 1.165) is 22.1 Å². The van der Waals surface area contributed by atoms with Gasteiger partial charge in [-0.3, -0.25) is 9.78 Å². The molecule has 0 saturated heterocycles. The first-order valence-electron chi connectivity index (χ1n) is 8.94. The van der Waals surface area contributed by atoms with E-state index in [0.29, 0.717) is 11.3 Å². The van der Waals surface area contributed by atoms with Gasteiger partial charge in [0, 0.05) is 22.8 Å². The fraction of sp³-hybridized carbons (Fsp3) is 0.0455. The van der Waals surface area contributed by atoms with Crippen molar-refractivity contribution < 1.29 is 9.18 Å². The molecule has 4 aromatic rings. The number of benzene rings is 2. The zero-order valence-corrected chi connectivity index (χ0v) is 16.1. The molecule has 0 aliphatic heterocycles. The summed E-state index contributed by atoms with van der Waals surface area (Å²) in [4.78, 5) is 20.8. The Labute approximate surface area is 171 Å². The van der Waals surface area contributed by atoms with Crippen LogP contribution in [0.2, 0.25) is 0 Å². The van der Waals surface area contributed by atoms with Gasteiger partial charge in [0.15, 0.2) is 5.13 Å². The summed E-state index contributed by atoms with van der Waals surface area (Å²) in [5.41, 5.74) is 3.68. The highest BCUT2D eigenvalue weighted by Gasteiger charge is 2.09. The summed E-state index contributed by atoms with van der Waals surface area (Å²) in [5.74, 6) is -0.642. The average Bonchev–Trinajstić information content (AvgIpc) is 3.19. The third-order valence-electron chi connectivity index (χ3n) is 4.19. The molecule has 4 rings (SSSR count). The Morgan fingerprint density at radius 3 is 2.59 bits per heavy atom. The summed E-state index contributed by atoms with van der Waals surface area (Å²) >= 11 is 1.50. The number of rotatable bonds is 6. The van der Waals surface area contributed by atoms with Gasteiger partial charge in [-0.05, 0) is 35.9 Å². The molecule has 2 aromatic heterocycles. The molecular weight excluding hydrogens is 387 g/mol. The van der Waals surface area contributed by atoms with E-state index in [1.165, 1.54) is 17.4 Å². The minimum absolute atomic E-state index is 0.0100. The van der Waals surface area contributed by atoms with Gasteiger partial charge in [-0.25, -0.2) is 9.37 Å². The third kappa shape index (κ3) is 4.83. The van der Waals surface area contributed by atoms with E-state index in [2.05, 4.69) is 20.6 Å². The zero-order chi connectivity index (χ0) is 20.1. The molecule has 0 radical (unpaired) electrons. The number of halogens is 1. The molecule has 5 nitrogen and oxygen atoms in total. The molecule has 29 heavy (non-hydrogen) atoms. The molecule has 144 valence electrons. The van der Waals surface area contributed by atoms with Crippen molar-refractivity contribution in [3.63, 3.8) is 0 Å². The van der Waals surface area contributed by atoms with Crippen LogP contribution in [0.1, 0.15) is 5.56 Å². The van der Waals surface area contributed by atoms with Crippen molar-refractivity contribution in [2.24, 2.45) is 0 Å². The SMILES string of the molecule is O=C(Cc1ccccc1F)Nc1ccc(-c2csc(Nc3cccnc3)n2)cc1. The van der Waals surface area contributed by atoms with Gasteiger partial charge in [-0.1, -0.05) is 30.3 Å². The van der Waals surface area contributed by atoms with E-state index in [1.54, 1.807) is 30.6 Å². The van der Waals surface area contributed by atoms with Gasteiger partial charge in [0.1, 0.15) is 5.82 Å². The lowest BCUT2D eigenvalue weighted by atomic mass is 10.1. The Kier molecular flexibility index (Phi) is 5.58. The molecule has 0 atom stereocenters. The molecule has 0 saturated carbocycles. The van der Waals surface area contributed by atoms with Gasteiger partial charge < -0.3 is 10.6 Å². The first kappa shape index (κ1) is 18.8. The third-order valence-corrected chi connectivity index (χ3v) is 4.95. The first-order valence-corrected chi connectivity index (χ1v) is 9.81. The second-order valence-electron chi connectivity index (χ2n) is 6.30. The molecule has 0 unspecified atom stereocenters. The van der Waals surface area contributed by atoms with E-state index >= 15 is 0 Å². The van der Waals surface area contributed by atoms with Crippen LogP contribution < -0.4 is 10.6 Å². The molecular formula is C22H17FN4OS. The summed E-state index contributed by atoms with van der Waals surface area (Å²) in [5, 5.41) is 8.74. The number of aromatic nitrogens is 2. The number of hydrogen-bond donors (Lipinski definition) is 2. The second kappa shape index (κ2) is 8.62. The maximum Gasteiger partial charge on any atom is 0.228 e. The predicted octanol–water partition coefficient (Wildman–Crippen LogP) is 5.27. The Morgan fingerprint density at radius 2 is 1.83 bits per heavy atom. The lowest BCUT2D eigenvalue weighted by Gasteiger charge is -2.07. The number of pyridine rings is 1. The Bertz CT molecular complexity index is 1110. The molecule has 2 aromatic carbocycles. The van der Waals surface area contributed by atoms with Crippen molar-refractivity contribution in [2.45, 2.75) is 6.42 Å². The number of amides is 1. The number of carbonyl (C=O) groups is 1. The van der Waals surface area contributed by atoms with Crippen molar-refractivity contribution in [3.05, 3.63) is 89.8 Å². The fourth-order valence-corrected chi connectivity index (χ4v) is 3.51. The summed E-state index contributed by atoms with van der Waals surface area (Å²) < 4.78 is 13.7. The largest absolute Gasteiger partial charge is 0.330 e. The fourth-order valence-electron chi connectivity index (χ4n) is 2.77. The van der Waals surface area contributed by atoms with E-state index in [-0.39, 0.29) is 18.1 Å². The van der Waals surface area contributed by atoms with Crippen LogP contribution in [0.3, 0.4) is 0 Å². The van der Waals surface area contributed by atoms with E-state index < -0.39 is 0 Å². The second-order valence-corrected chi connectivity index (χ2v) is 7.16. The minimum atomic E-state index is -0.378. The number of carbonyl (C=O) groups excluding carboxylic acids is 1. The maximum atomic E-state index is 13.7. The standard InChI is InChI=1S/C22H17FN4OS/c23-19-6-2-1-4-16(19)12-21(28)25-17-9-7-15(8-10-17)20-14-29-22(27-20)26-18-5-3-11-24-13-18/h1-11,13-14H,12H2,(H,25,28)(H,26,27). The summed E-state index contributed by atoms with van der Waals surface area (Å²) in [6, 6.07) is 17.5. The average molecular weight is 404 g/mol. The highest BCUT2D eigenvalue weighted by Crippen LogP contribution is 2.27. The normalized spacial score (nSPS) is 10.5. The molecule has 2 heterocycles. The van der Waals surface area contributed by atoms with E-state index in [1.807, 2.05) is 41.8 Å². The highest BCUT2D eigenvalue weighted by molar-refractivity contribution is 7.14. The number of nitrogens with one attached hydrogen (secondary N) is 2. The van der Waals surface area contributed by atoms with Crippen molar-refractivity contribution in [3.8, 4) is 11.3 Å². The number of hydrogen-bond acceptors (Lipinski definition) is 5. The van der Waals surface area contributed by atoms with Crippen LogP contribution in [0, 0.1) is 5.82 Å². The number of thiazole rings is 1. The summed E-state index contributed by atoms with van der Waals surface area (Å²) in [6.07, 6.45) is 3.44. The minimum Gasteiger partial charge on any atom is -0.330 e. The van der Waals surface area contributed by atoms with Gasteiger partial charge >= 0.3 is 0 Å². The lowest BCUT2D eigenvalue weighted by Crippen LogP contribution is -2.15.